The van der Waals surface area contributed by atoms with Gasteiger partial charge in [-0.1, -0.05) is 41.4 Å². The molecule has 2 rings (SSSR count). The maximum Gasteiger partial charge on any atom is 0.258 e. The minimum atomic E-state index is -0.315. The lowest BCUT2D eigenvalue weighted by Crippen LogP contribution is -2.28. The Hall–Kier alpha value is -1.91. The summed E-state index contributed by atoms with van der Waals surface area (Å²) in [6.45, 7) is 0.0851. The van der Waals surface area contributed by atoms with E-state index in [2.05, 4.69) is 5.32 Å². The average molecular weight is 326 g/mol. The summed E-state index contributed by atoms with van der Waals surface area (Å²) in [7, 11) is 0. The maximum absolute atomic E-state index is 11.7. The third kappa shape index (κ3) is 4.55. The van der Waals surface area contributed by atoms with Crippen LogP contribution in [0.5, 0.6) is 11.5 Å². The Morgan fingerprint density at radius 2 is 1.95 bits per heavy atom. The van der Waals surface area contributed by atoms with Crippen molar-refractivity contribution in [1.82, 2.24) is 5.32 Å². The van der Waals surface area contributed by atoms with Crippen molar-refractivity contribution in [3.8, 4) is 11.5 Å². The molecule has 4 nitrogen and oxygen atoms in total. The monoisotopic (exact) mass is 325 g/mol. The fraction of sp³-hybridized carbons (Fsp3) is 0.133. The summed E-state index contributed by atoms with van der Waals surface area (Å²) < 4.78 is 5.22. The highest BCUT2D eigenvalue weighted by molar-refractivity contribution is 6.35. The second-order valence-corrected chi connectivity index (χ2v) is 5.11. The van der Waals surface area contributed by atoms with Crippen molar-refractivity contribution in [3.63, 3.8) is 0 Å². The Kier molecular flexibility index (Phi) is 5.31. The average Bonchev–Trinajstić information content (AvgIpc) is 2.45. The molecule has 110 valence electrons. The number of carbonyl (C=O) groups excluding carboxylic acids is 1. The number of phenolic OH excluding ortho intramolecular Hbond substituents is 1. The van der Waals surface area contributed by atoms with Crippen LogP contribution < -0.4 is 10.1 Å². The number of benzene rings is 2. The zero-order valence-corrected chi connectivity index (χ0v) is 12.5. The zero-order chi connectivity index (χ0) is 15.2. The highest BCUT2D eigenvalue weighted by Crippen LogP contribution is 2.24. The van der Waals surface area contributed by atoms with Crippen molar-refractivity contribution in [3.05, 3.63) is 58.1 Å². The van der Waals surface area contributed by atoms with E-state index in [1.54, 1.807) is 36.4 Å². The second kappa shape index (κ2) is 7.20. The van der Waals surface area contributed by atoms with Gasteiger partial charge in [-0.2, -0.15) is 0 Å². The largest absolute Gasteiger partial charge is 0.504 e. The summed E-state index contributed by atoms with van der Waals surface area (Å²) in [6.07, 6.45) is 0. The van der Waals surface area contributed by atoms with Gasteiger partial charge in [0.15, 0.2) is 18.1 Å². The van der Waals surface area contributed by atoms with Gasteiger partial charge >= 0.3 is 0 Å². The fourth-order valence-corrected chi connectivity index (χ4v) is 2.11. The minimum absolute atomic E-state index is 0.00829. The van der Waals surface area contributed by atoms with Gasteiger partial charge in [0, 0.05) is 16.6 Å². The molecule has 2 aromatic rings. The van der Waals surface area contributed by atoms with Gasteiger partial charge in [-0.25, -0.2) is 0 Å². The number of hydrogen-bond acceptors (Lipinski definition) is 3. The molecule has 21 heavy (non-hydrogen) atoms. The molecule has 0 unspecified atom stereocenters. The number of halogens is 2. The number of ether oxygens (including phenoxy) is 1. The van der Waals surface area contributed by atoms with E-state index in [0.717, 1.165) is 5.56 Å². The summed E-state index contributed by atoms with van der Waals surface area (Å²) in [5.41, 5.74) is 0.761. The van der Waals surface area contributed by atoms with Crippen molar-refractivity contribution in [2.45, 2.75) is 6.54 Å². The van der Waals surface area contributed by atoms with Crippen molar-refractivity contribution in [1.29, 1.82) is 0 Å². The number of hydrogen-bond donors (Lipinski definition) is 2. The van der Waals surface area contributed by atoms with E-state index >= 15 is 0 Å². The SMILES string of the molecule is O=C(COc1ccccc1O)NCc1ccc(Cl)cc1Cl. The van der Waals surface area contributed by atoms with Crippen molar-refractivity contribution in [2.24, 2.45) is 0 Å². The van der Waals surface area contributed by atoms with E-state index in [0.29, 0.717) is 10.0 Å². The van der Waals surface area contributed by atoms with Crippen LogP contribution in [-0.2, 0) is 11.3 Å². The quantitative estimate of drug-likeness (QED) is 0.885. The molecule has 0 aromatic heterocycles. The van der Waals surface area contributed by atoms with Gasteiger partial charge in [-0.3, -0.25) is 4.79 Å². The van der Waals surface area contributed by atoms with Gasteiger partial charge in [-0.15, -0.1) is 0 Å². The number of carbonyl (C=O) groups is 1. The van der Waals surface area contributed by atoms with Gasteiger partial charge in [0.25, 0.3) is 5.91 Å². The number of nitrogens with one attached hydrogen (secondary N) is 1. The van der Waals surface area contributed by atoms with Gasteiger partial charge in [-0.05, 0) is 29.8 Å². The van der Waals surface area contributed by atoms with Crippen LogP contribution in [0.2, 0.25) is 10.0 Å². The van der Waals surface area contributed by atoms with Crippen LogP contribution in [0.4, 0.5) is 0 Å². The molecule has 2 aromatic carbocycles. The summed E-state index contributed by atoms with van der Waals surface area (Å²) in [5.74, 6) is -0.0625. The van der Waals surface area contributed by atoms with Crippen LogP contribution in [-0.4, -0.2) is 17.6 Å². The molecule has 0 saturated heterocycles. The van der Waals surface area contributed by atoms with Crippen LogP contribution in [0.1, 0.15) is 5.56 Å². The third-order valence-electron chi connectivity index (χ3n) is 2.72. The van der Waals surface area contributed by atoms with Crippen LogP contribution in [0, 0.1) is 0 Å². The Balaban J connectivity index is 1.84. The second-order valence-electron chi connectivity index (χ2n) is 4.27. The molecule has 0 radical (unpaired) electrons. The zero-order valence-electron chi connectivity index (χ0n) is 11.0. The molecule has 0 aliphatic rings. The topological polar surface area (TPSA) is 58.6 Å². The predicted molar refractivity (Wildman–Crippen MR) is 81.9 cm³/mol. The molecular weight excluding hydrogens is 313 g/mol. The molecule has 2 N–H and O–H groups in total. The van der Waals surface area contributed by atoms with Crippen molar-refractivity contribution < 1.29 is 14.6 Å². The number of rotatable bonds is 5. The molecule has 0 spiro atoms. The first-order valence-corrected chi connectivity index (χ1v) is 6.93. The number of para-hydroxylation sites is 2. The molecule has 0 bridgehead atoms. The summed E-state index contributed by atoms with van der Waals surface area (Å²) >= 11 is 11.8. The van der Waals surface area contributed by atoms with E-state index in [4.69, 9.17) is 27.9 Å². The predicted octanol–water partition coefficient (Wildman–Crippen LogP) is 3.39. The molecule has 0 aliphatic heterocycles. The maximum atomic E-state index is 11.7. The minimum Gasteiger partial charge on any atom is -0.504 e. The number of aromatic hydroxyl groups is 1. The highest BCUT2D eigenvalue weighted by Gasteiger charge is 2.07. The van der Waals surface area contributed by atoms with E-state index in [1.807, 2.05) is 0 Å². The molecule has 6 heteroatoms. The van der Waals surface area contributed by atoms with Crippen molar-refractivity contribution >= 4 is 29.1 Å². The lowest BCUT2D eigenvalue weighted by atomic mass is 10.2. The fourth-order valence-electron chi connectivity index (χ4n) is 1.63. The number of amides is 1. The van der Waals surface area contributed by atoms with Crippen LogP contribution in [0.15, 0.2) is 42.5 Å². The molecule has 0 saturated carbocycles. The molecule has 1 amide bonds. The van der Waals surface area contributed by atoms with E-state index in [1.165, 1.54) is 6.07 Å². The molecule has 0 atom stereocenters. The van der Waals surface area contributed by atoms with Crippen molar-refractivity contribution in [2.75, 3.05) is 6.61 Å². The lowest BCUT2D eigenvalue weighted by Gasteiger charge is -2.09. The van der Waals surface area contributed by atoms with E-state index < -0.39 is 0 Å². The molecular formula is C15H13Cl2NO3. The van der Waals surface area contributed by atoms with Crippen LogP contribution >= 0.6 is 23.2 Å². The van der Waals surface area contributed by atoms with Gasteiger partial charge in [0.1, 0.15) is 0 Å². The van der Waals surface area contributed by atoms with E-state index in [-0.39, 0.29) is 30.6 Å². The molecule has 0 fully saturated rings. The van der Waals surface area contributed by atoms with Crippen LogP contribution in [0.25, 0.3) is 0 Å². The first kappa shape index (κ1) is 15.5. The van der Waals surface area contributed by atoms with E-state index in [9.17, 15) is 9.90 Å². The van der Waals surface area contributed by atoms with Gasteiger partial charge in [0.05, 0.1) is 0 Å². The summed E-state index contributed by atoms with van der Waals surface area (Å²) in [5, 5.41) is 13.2. The Labute approximate surface area is 132 Å². The molecule has 0 heterocycles. The Bertz CT molecular complexity index is 647. The third-order valence-corrected chi connectivity index (χ3v) is 3.30. The van der Waals surface area contributed by atoms with Crippen LogP contribution in [0.3, 0.4) is 0 Å². The Morgan fingerprint density at radius 1 is 1.19 bits per heavy atom. The first-order valence-electron chi connectivity index (χ1n) is 6.17. The number of phenols is 1. The van der Waals surface area contributed by atoms with Gasteiger partial charge in [0.2, 0.25) is 0 Å². The molecule has 0 aliphatic carbocycles. The highest BCUT2D eigenvalue weighted by atomic mass is 35.5. The summed E-state index contributed by atoms with van der Waals surface area (Å²) in [4.78, 5) is 11.7. The lowest BCUT2D eigenvalue weighted by molar-refractivity contribution is -0.123. The van der Waals surface area contributed by atoms with Gasteiger partial charge < -0.3 is 15.2 Å². The standard InChI is InChI=1S/C15H13Cl2NO3/c16-11-6-5-10(12(17)7-11)8-18-15(20)9-21-14-4-2-1-3-13(14)19/h1-7,19H,8-9H2,(H,18,20). The summed E-state index contributed by atoms with van der Waals surface area (Å²) in [6, 6.07) is 11.5. The normalized spacial score (nSPS) is 10.2. The first-order chi connectivity index (χ1) is 10.1. The Morgan fingerprint density at radius 3 is 2.67 bits per heavy atom. The smallest absolute Gasteiger partial charge is 0.258 e.